The van der Waals surface area contributed by atoms with E-state index < -0.39 is 0 Å². The second-order valence-corrected chi connectivity index (χ2v) is 7.53. The lowest BCUT2D eigenvalue weighted by molar-refractivity contribution is 0.276. The molecule has 1 saturated heterocycles. The van der Waals surface area contributed by atoms with Crippen LogP contribution < -0.4 is 5.73 Å². The molecule has 2 N–H and O–H groups in total. The number of hydrogen-bond acceptors (Lipinski definition) is 4. The first kappa shape index (κ1) is 14.5. The minimum absolute atomic E-state index is 0.162. The molecule has 0 saturated carbocycles. The molecule has 1 fully saturated rings. The molecule has 1 aliphatic carbocycles. The molecule has 1 atom stereocenters. The van der Waals surface area contributed by atoms with Gasteiger partial charge in [-0.25, -0.2) is 4.98 Å². The summed E-state index contributed by atoms with van der Waals surface area (Å²) in [5.41, 5.74) is 7.97. The van der Waals surface area contributed by atoms with Crippen molar-refractivity contribution < 1.29 is 0 Å². The van der Waals surface area contributed by atoms with Crippen LogP contribution in [0.3, 0.4) is 0 Å². The number of nitrogens with two attached hydrogens (primary N) is 1. The van der Waals surface area contributed by atoms with Gasteiger partial charge in [-0.2, -0.15) is 0 Å². The maximum Gasteiger partial charge on any atom is 0.113 e. The quantitative estimate of drug-likeness (QED) is 0.931. The highest BCUT2D eigenvalue weighted by Gasteiger charge is 2.34. The van der Waals surface area contributed by atoms with Gasteiger partial charge in [0.15, 0.2) is 0 Å². The Hall–Kier alpha value is -0.450. The lowest BCUT2D eigenvalue weighted by Crippen LogP contribution is -2.38. The summed E-state index contributed by atoms with van der Waals surface area (Å²) in [6, 6.07) is 0. The van der Waals surface area contributed by atoms with Gasteiger partial charge in [-0.1, -0.05) is 6.92 Å². The van der Waals surface area contributed by atoms with Gasteiger partial charge < -0.3 is 10.6 Å². The monoisotopic (exact) mass is 293 g/mol. The number of nitrogens with zero attached hydrogens (tertiary/aromatic N) is 2. The van der Waals surface area contributed by atoms with E-state index >= 15 is 0 Å². The Bertz CT molecular complexity index is 433. The minimum Gasteiger partial charge on any atom is -0.319 e. The smallest absolute Gasteiger partial charge is 0.113 e. The standard InChI is InChI=1S/C16H27N3S/c1-2-10-19-11-5-8-16(17,9-12-19)15-18-13-6-3-4-7-14(13)20-15/h2-12,17H2,1H3. The van der Waals surface area contributed by atoms with Gasteiger partial charge in [0.05, 0.1) is 11.2 Å². The third kappa shape index (κ3) is 2.92. The average molecular weight is 293 g/mol. The largest absolute Gasteiger partial charge is 0.319 e. The summed E-state index contributed by atoms with van der Waals surface area (Å²) in [5, 5.41) is 1.22. The number of fused-ring (bicyclic) bond motifs is 1. The second kappa shape index (κ2) is 6.12. The fraction of sp³-hybridized carbons (Fsp3) is 0.812. The zero-order chi connectivity index (χ0) is 14.0. The molecular weight excluding hydrogens is 266 g/mol. The van der Waals surface area contributed by atoms with Gasteiger partial charge in [0.25, 0.3) is 0 Å². The van der Waals surface area contributed by atoms with Crippen molar-refractivity contribution in [2.45, 2.75) is 63.8 Å². The van der Waals surface area contributed by atoms with Crippen molar-refractivity contribution in [3.05, 3.63) is 15.6 Å². The third-order valence-electron chi connectivity index (χ3n) is 4.78. The number of likely N-dealkylation sites (tertiary alicyclic amines) is 1. The molecule has 0 amide bonds. The van der Waals surface area contributed by atoms with Gasteiger partial charge in [-0.15, -0.1) is 11.3 Å². The number of aromatic nitrogens is 1. The first-order valence-corrected chi connectivity index (χ1v) is 9.03. The summed E-state index contributed by atoms with van der Waals surface area (Å²) in [7, 11) is 0. The molecule has 0 bridgehead atoms. The molecule has 1 unspecified atom stereocenters. The van der Waals surface area contributed by atoms with E-state index in [1.165, 1.54) is 67.2 Å². The summed E-state index contributed by atoms with van der Waals surface area (Å²) in [6.07, 6.45) is 9.65. The first-order valence-electron chi connectivity index (χ1n) is 8.21. The van der Waals surface area contributed by atoms with Crippen LogP contribution in [0.1, 0.15) is 61.0 Å². The normalized spacial score (nSPS) is 28.1. The fourth-order valence-electron chi connectivity index (χ4n) is 3.53. The van der Waals surface area contributed by atoms with Gasteiger partial charge >= 0.3 is 0 Å². The molecule has 0 spiro atoms. The average Bonchev–Trinajstić information content (AvgIpc) is 2.81. The van der Waals surface area contributed by atoms with E-state index in [9.17, 15) is 0 Å². The van der Waals surface area contributed by atoms with E-state index in [2.05, 4.69) is 11.8 Å². The number of aryl methyl sites for hydroxylation is 2. The molecule has 3 rings (SSSR count). The molecule has 1 aromatic heterocycles. The van der Waals surface area contributed by atoms with Crippen molar-refractivity contribution in [3.63, 3.8) is 0 Å². The zero-order valence-electron chi connectivity index (χ0n) is 12.7. The Morgan fingerprint density at radius 3 is 2.85 bits per heavy atom. The van der Waals surface area contributed by atoms with E-state index in [0.29, 0.717) is 0 Å². The van der Waals surface area contributed by atoms with Crippen LogP contribution in [0.2, 0.25) is 0 Å². The van der Waals surface area contributed by atoms with Crippen molar-refractivity contribution in [3.8, 4) is 0 Å². The molecule has 112 valence electrons. The van der Waals surface area contributed by atoms with Crippen LogP contribution in [-0.2, 0) is 18.4 Å². The van der Waals surface area contributed by atoms with Crippen molar-refractivity contribution in [1.82, 2.24) is 9.88 Å². The lowest BCUT2D eigenvalue weighted by atomic mass is 9.92. The summed E-state index contributed by atoms with van der Waals surface area (Å²) in [6.45, 7) is 5.81. The van der Waals surface area contributed by atoms with Crippen LogP contribution in [0.4, 0.5) is 0 Å². The molecule has 1 aromatic rings. The Morgan fingerprint density at radius 1 is 1.20 bits per heavy atom. The Morgan fingerprint density at radius 2 is 2.05 bits per heavy atom. The SMILES string of the molecule is CCCN1CCCC(N)(c2nc3c(s2)CCCC3)CC1. The minimum atomic E-state index is -0.162. The summed E-state index contributed by atoms with van der Waals surface area (Å²) in [4.78, 5) is 9.02. The van der Waals surface area contributed by atoms with Crippen LogP contribution in [0.15, 0.2) is 0 Å². The Balaban J connectivity index is 1.76. The van der Waals surface area contributed by atoms with Gasteiger partial charge in [-0.3, -0.25) is 0 Å². The number of thiazole rings is 1. The maximum absolute atomic E-state index is 6.77. The van der Waals surface area contributed by atoms with E-state index in [1.54, 1.807) is 0 Å². The molecule has 4 heteroatoms. The highest BCUT2D eigenvalue weighted by atomic mass is 32.1. The summed E-state index contributed by atoms with van der Waals surface area (Å²) in [5.74, 6) is 0. The first-order chi connectivity index (χ1) is 9.71. The van der Waals surface area contributed by atoms with Crippen LogP contribution in [0.25, 0.3) is 0 Å². The maximum atomic E-state index is 6.77. The topological polar surface area (TPSA) is 42.1 Å². The fourth-order valence-corrected chi connectivity index (χ4v) is 4.84. The highest BCUT2D eigenvalue weighted by Crippen LogP contribution is 2.36. The van der Waals surface area contributed by atoms with Gasteiger partial charge in [0, 0.05) is 11.4 Å². The van der Waals surface area contributed by atoms with Crippen LogP contribution in [-0.4, -0.2) is 29.5 Å². The molecule has 0 radical (unpaired) electrons. The van der Waals surface area contributed by atoms with E-state index in [0.717, 1.165) is 19.4 Å². The van der Waals surface area contributed by atoms with Crippen LogP contribution in [0, 0.1) is 0 Å². The van der Waals surface area contributed by atoms with E-state index in [4.69, 9.17) is 10.7 Å². The summed E-state index contributed by atoms with van der Waals surface area (Å²) < 4.78 is 0. The molecular formula is C16H27N3S. The van der Waals surface area contributed by atoms with E-state index in [-0.39, 0.29) is 5.54 Å². The summed E-state index contributed by atoms with van der Waals surface area (Å²) >= 11 is 1.91. The number of rotatable bonds is 3. The predicted molar refractivity (Wildman–Crippen MR) is 85.2 cm³/mol. The number of hydrogen-bond donors (Lipinski definition) is 1. The zero-order valence-corrected chi connectivity index (χ0v) is 13.5. The van der Waals surface area contributed by atoms with Crippen molar-refractivity contribution in [2.75, 3.05) is 19.6 Å². The molecule has 0 aromatic carbocycles. The van der Waals surface area contributed by atoms with Crippen LogP contribution >= 0.6 is 11.3 Å². The van der Waals surface area contributed by atoms with Crippen molar-refractivity contribution >= 4 is 11.3 Å². The second-order valence-electron chi connectivity index (χ2n) is 6.45. The molecule has 20 heavy (non-hydrogen) atoms. The van der Waals surface area contributed by atoms with Gasteiger partial charge in [-0.05, 0) is 64.5 Å². The van der Waals surface area contributed by atoms with E-state index in [1.807, 2.05) is 11.3 Å². The molecule has 3 nitrogen and oxygen atoms in total. The predicted octanol–water partition coefficient (Wildman–Crippen LogP) is 3.07. The van der Waals surface area contributed by atoms with Crippen molar-refractivity contribution in [1.29, 1.82) is 0 Å². The molecule has 2 aliphatic rings. The van der Waals surface area contributed by atoms with Crippen LogP contribution in [0.5, 0.6) is 0 Å². The Labute approximate surface area is 126 Å². The molecule has 1 aliphatic heterocycles. The van der Waals surface area contributed by atoms with Gasteiger partial charge in [0.2, 0.25) is 0 Å². The highest BCUT2D eigenvalue weighted by molar-refractivity contribution is 7.11. The Kier molecular flexibility index (Phi) is 4.43. The van der Waals surface area contributed by atoms with Crippen molar-refractivity contribution in [2.24, 2.45) is 5.73 Å². The molecule has 2 heterocycles. The lowest BCUT2D eigenvalue weighted by Gasteiger charge is -2.26. The third-order valence-corrected chi connectivity index (χ3v) is 6.16. The van der Waals surface area contributed by atoms with Gasteiger partial charge in [0.1, 0.15) is 5.01 Å².